The molecule has 0 radical (unpaired) electrons. The van der Waals surface area contributed by atoms with Gasteiger partial charge in [0.1, 0.15) is 6.61 Å². The number of carbonyl (C=O) groups is 2. The first-order valence-electron chi connectivity index (χ1n) is 7.88. The van der Waals surface area contributed by atoms with Gasteiger partial charge < -0.3 is 20.5 Å². The number of nitrogens with zero attached hydrogens (tertiary/aromatic N) is 1. The first-order valence-corrected chi connectivity index (χ1v) is 7.88. The quantitative estimate of drug-likeness (QED) is 0.717. The molecule has 6 nitrogen and oxygen atoms in total. The topological polar surface area (TPSA) is 92.9 Å². The van der Waals surface area contributed by atoms with Gasteiger partial charge in [-0.05, 0) is 25.1 Å². The zero-order valence-electron chi connectivity index (χ0n) is 14.2. The molecule has 0 heterocycles. The van der Waals surface area contributed by atoms with Crippen molar-refractivity contribution in [1.29, 1.82) is 0 Å². The van der Waals surface area contributed by atoms with Gasteiger partial charge >= 0.3 is 12.1 Å². The number of carbonyl (C=O) groups excluding carboxylic acids is 1. The Morgan fingerprint density at radius 3 is 2.13 bits per heavy atom. The lowest BCUT2D eigenvalue weighted by Gasteiger charge is -2.19. The predicted molar refractivity (Wildman–Crippen MR) is 90.4 cm³/mol. The molecule has 1 aromatic rings. The third kappa shape index (κ3) is 9.52. The molecule has 0 fully saturated rings. The second-order valence-corrected chi connectivity index (χ2v) is 4.90. The van der Waals surface area contributed by atoms with Gasteiger partial charge in [0.15, 0.2) is 0 Å². The molecule has 0 aromatic heterocycles. The van der Waals surface area contributed by atoms with Crippen LogP contribution < -0.4 is 5.73 Å². The summed E-state index contributed by atoms with van der Waals surface area (Å²) in [6.45, 7) is 9.51. The molecule has 0 aliphatic carbocycles. The molecule has 0 bridgehead atoms. The summed E-state index contributed by atoms with van der Waals surface area (Å²) < 4.78 is 5.40. The molecule has 23 heavy (non-hydrogen) atoms. The summed E-state index contributed by atoms with van der Waals surface area (Å²) in [6, 6.07) is 9.85. The monoisotopic (exact) mass is 324 g/mol. The molecular weight excluding hydrogens is 296 g/mol. The van der Waals surface area contributed by atoms with Crippen LogP contribution in [0.1, 0.15) is 38.7 Å². The average molecular weight is 324 g/mol. The molecule has 1 atom stereocenters. The van der Waals surface area contributed by atoms with E-state index in [4.69, 9.17) is 14.6 Å². The Morgan fingerprint density at radius 1 is 1.17 bits per heavy atom. The summed E-state index contributed by atoms with van der Waals surface area (Å²) in [5.41, 5.74) is 5.07. The zero-order valence-corrected chi connectivity index (χ0v) is 14.2. The Labute approximate surface area is 138 Å². The van der Waals surface area contributed by atoms with E-state index >= 15 is 0 Å². The highest BCUT2D eigenvalue weighted by Gasteiger charge is 2.19. The van der Waals surface area contributed by atoms with Gasteiger partial charge in [0.2, 0.25) is 0 Å². The summed E-state index contributed by atoms with van der Waals surface area (Å²) in [4.78, 5) is 23.1. The SMILES string of the molecule is CCC(C(=O)OCCN(CC)CC)c1ccccc1.NC(=O)O. The molecular formula is C17H28N2O4. The van der Waals surface area contributed by atoms with Crippen molar-refractivity contribution in [2.75, 3.05) is 26.2 Å². The average Bonchev–Trinajstić information content (AvgIpc) is 2.53. The lowest BCUT2D eigenvalue weighted by atomic mass is 9.97. The molecule has 1 amide bonds. The molecule has 0 aliphatic rings. The van der Waals surface area contributed by atoms with Crippen molar-refractivity contribution in [3.8, 4) is 0 Å². The van der Waals surface area contributed by atoms with E-state index in [1.165, 1.54) is 0 Å². The summed E-state index contributed by atoms with van der Waals surface area (Å²) >= 11 is 0. The lowest BCUT2D eigenvalue weighted by Crippen LogP contribution is -2.28. The normalized spacial score (nSPS) is 11.3. The Kier molecular flexibility index (Phi) is 11.3. The van der Waals surface area contributed by atoms with Crippen LogP contribution in [-0.4, -0.2) is 48.3 Å². The van der Waals surface area contributed by atoms with Crippen molar-refractivity contribution in [2.45, 2.75) is 33.1 Å². The number of nitrogens with two attached hydrogens (primary N) is 1. The van der Waals surface area contributed by atoms with Gasteiger partial charge in [0, 0.05) is 6.54 Å². The van der Waals surface area contributed by atoms with Crippen molar-refractivity contribution >= 4 is 12.1 Å². The molecule has 0 saturated heterocycles. The van der Waals surface area contributed by atoms with Crippen LogP contribution in [0.15, 0.2) is 30.3 Å². The molecule has 1 unspecified atom stereocenters. The second kappa shape index (κ2) is 12.5. The van der Waals surface area contributed by atoms with E-state index < -0.39 is 6.09 Å². The predicted octanol–water partition coefficient (Wildman–Crippen LogP) is 2.69. The fourth-order valence-electron chi connectivity index (χ4n) is 2.14. The minimum atomic E-state index is -1.33. The van der Waals surface area contributed by atoms with Crippen molar-refractivity contribution in [3.05, 3.63) is 35.9 Å². The number of hydrogen-bond donors (Lipinski definition) is 2. The van der Waals surface area contributed by atoms with E-state index in [2.05, 4.69) is 24.5 Å². The Bertz CT molecular complexity index is 443. The third-order valence-electron chi connectivity index (χ3n) is 3.44. The summed E-state index contributed by atoms with van der Waals surface area (Å²) in [5, 5.41) is 7.19. The smallest absolute Gasteiger partial charge is 0.402 e. The van der Waals surface area contributed by atoms with E-state index in [-0.39, 0.29) is 11.9 Å². The maximum Gasteiger partial charge on any atom is 0.402 e. The van der Waals surface area contributed by atoms with Gasteiger partial charge in [-0.3, -0.25) is 4.79 Å². The van der Waals surface area contributed by atoms with Crippen molar-refractivity contribution in [2.24, 2.45) is 5.73 Å². The first kappa shape index (κ1) is 20.9. The number of likely N-dealkylation sites (N-methyl/N-ethyl adjacent to an activating group) is 1. The number of hydrogen-bond acceptors (Lipinski definition) is 4. The zero-order chi connectivity index (χ0) is 17.7. The highest BCUT2D eigenvalue weighted by molar-refractivity contribution is 5.78. The molecule has 1 aromatic carbocycles. The molecule has 130 valence electrons. The number of amides is 1. The van der Waals surface area contributed by atoms with E-state index in [0.717, 1.165) is 31.6 Å². The Morgan fingerprint density at radius 2 is 1.70 bits per heavy atom. The van der Waals surface area contributed by atoms with Crippen LogP contribution in [0.3, 0.4) is 0 Å². The van der Waals surface area contributed by atoms with Crippen LogP contribution in [0.2, 0.25) is 0 Å². The Balaban J connectivity index is 0.00000108. The van der Waals surface area contributed by atoms with E-state index in [0.29, 0.717) is 6.61 Å². The largest absolute Gasteiger partial charge is 0.465 e. The van der Waals surface area contributed by atoms with E-state index in [1.54, 1.807) is 0 Å². The summed E-state index contributed by atoms with van der Waals surface area (Å²) in [7, 11) is 0. The number of carboxylic acid groups (broad SMARTS) is 1. The summed E-state index contributed by atoms with van der Waals surface area (Å²) in [5.74, 6) is -0.251. The van der Waals surface area contributed by atoms with Gasteiger partial charge in [-0.25, -0.2) is 4.79 Å². The van der Waals surface area contributed by atoms with Crippen LogP contribution >= 0.6 is 0 Å². The molecule has 0 saturated carbocycles. The van der Waals surface area contributed by atoms with Crippen LogP contribution in [0, 0.1) is 0 Å². The highest BCUT2D eigenvalue weighted by Crippen LogP contribution is 2.20. The number of primary amides is 1. The number of benzene rings is 1. The minimum Gasteiger partial charge on any atom is -0.465 e. The molecule has 3 N–H and O–H groups in total. The van der Waals surface area contributed by atoms with Crippen LogP contribution in [0.5, 0.6) is 0 Å². The minimum absolute atomic E-state index is 0.110. The second-order valence-electron chi connectivity index (χ2n) is 4.90. The number of rotatable bonds is 8. The fourth-order valence-corrected chi connectivity index (χ4v) is 2.14. The fraction of sp³-hybridized carbons (Fsp3) is 0.529. The highest BCUT2D eigenvalue weighted by atomic mass is 16.5. The summed E-state index contributed by atoms with van der Waals surface area (Å²) in [6.07, 6.45) is -0.561. The maximum absolute atomic E-state index is 12.1. The molecule has 0 aliphatic heterocycles. The molecule has 0 spiro atoms. The van der Waals surface area contributed by atoms with Gasteiger partial charge in [0.25, 0.3) is 0 Å². The van der Waals surface area contributed by atoms with E-state index in [9.17, 15) is 4.79 Å². The van der Waals surface area contributed by atoms with Gasteiger partial charge in [-0.1, -0.05) is 51.1 Å². The maximum atomic E-state index is 12.1. The molecule has 1 rings (SSSR count). The van der Waals surface area contributed by atoms with E-state index in [1.807, 2.05) is 37.3 Å². The number of esters is 1. The molecule has 6 heteroatoms. The third-order valence-corrected chi connectivity index (χ3v) is 3.44. The number of ether oxygens (including phenoxy) is 1. The van der Waals surface area contributed by atoms with Crippen LogP contribution in [-0.2, 0) is 9.53 Å². The Hall–Kier alpha value is -2.08. The van der Waals surface area contributed by atoms with Gasteiger partial charge in [-0.15, -0.1) is 0 Å². The van der Waals surface area contributed by atoms with Crippen LogP contribution in [0.4, 0.5) is 4.79 Å². The van der Waals surface area contributed by atoms with Crippen molar-refractivity contribution < 1.29 is 19.4 Å². The van der Waals surface area contributed by atoms with Crippen LogP contribution in [0.25, 0.3) is 0 Å². The van der Waals surface area contributed by atoms with Gasteiger partial charge in [-0.2, -0.15) is 0 Å². The van der Waals surface area contributed by atoms with Crippen molar-refractivity contribution in [1.82, 2.24) is 4.90 Å². The first-order chi connectivity index (χ1) is 11.0. The van der Waals surface area contributed by atoms with Crippen molar-refractivity contribution in [3.63, 3.8) is 0 Å². The lowest BCUT2D eigenvalue weighted by molar-refractivity contribution is -0.146. The van der Waals surface area contributed by atoms with Gasteiger partial charge in [0.05, 0.1) is 5.92 Å². The standard InChI is InChI=1S/C16H25NO2.CH3NO2/c1-4-15(14-10-8-7-9-11-14)16(18)19-13-12-17(5-2)6-3;2-1(3)4/h7-11,15H,4-6,12-13H2,1-3H3;2H2,(H,3,4).